The van der Waals surface area contributed by atoms with Gasteiger partial charge in [-0.15, -0.1) is 0 Å². The Hall–Kier alpha value is -5.79. The molecule has 1 aliphatic heterocycles. The molecule has 0 fully saturated rings. The molecule has 14 heteroatoms. The van der Waals surface area contributed by atoms with Gasteiger partial charge in [-0.2, -0.15) is 10.2 Å². The number of primary amides is 1. The first kappa shape index (κ1) is 32.7. The van der Waals surface area contributed by atoms with E-state index in [2.05, 4.69) is 15.7 Å². The minimum atomic E-state index is -0.549. The molecule has 50 heavy (non-hydrogen) atoms. The highest BCUT2D eigenvalue weighted by Gasteiger charge is 2.24. The van der Waals surface area contributed by atoms with Crippen molar-refractivity contribution in [3.8, 4) is 0 Å². The normalized spacial score (nSPS) is 15.0. The van der Waals surface area contributed by atoms with Crippen LogP contribution in [-0.4, -0.2) is 56.4 Å². The number of hydrogen-bond donors (Lipinski definition) is 3. The lowest BCUT2D eigenvalue weighted by molar-refractivity contribution is 0.0994. The molecule has 6 aromatic rings. The van der Waals surface area contributed by atoms with E-state index in [0.29, 0.717) is 67.0 Å². The molecule has 0 atom stereocenters. The minimum Gasteiger partial charge on any atom is -0.366 e. The van der Waals surface area contributed by atoms with Crippen molar-refractivity contribution in [3.63, 3.8) is 0 Å². The molecule has 3 amide bonds. The Labute approximate surface area is 288 Å². The number of anilines is 2. The second-order valence-corrected chi connectivity index (χ2v) is 12.8. The number of aryl methyl sites for hydroxylation is 6. The number of nitrogens with zero attached hydrogens (tertiary/aromatic N) is 8. The number of carbonyl (C=O) groups is 3. The van der Waals surface area contributed by atoms with Gasteiger partial charge in [0.2, 0.25) is 17.8 Å². The van der Waals surface area contributed by atoms with Crippen LogP contribution in [0.5, 0.6) is 0 Å². The Balaban J connectivity index is 1.26. The fraction of sp³-hybridized carbons (Fsp3) is 0.361. The molecule has 2 aromatic carbocycles. The van der Waals surface area contributed by atoms with Crippen molar-refractivity contribution < 1.29 is 14.4 Å². The monoisotopic (exact) mass is 675 g/mol. The van der Waals surface area contributed by atoms with Crippen LogP contribution >= 0.6 is 0 Å². The van der Waals surface area contributed by atoms with Crippen molar-refractivity contribution in [3.05, 3.63) is 82.4 Å². The first-order chi connectivity index (χ1) is 24.2. The molecule has 0 saturated heterocycles. The number of benzene rings is 2. The van der Waals surface area contributed by atoms with E-state index in [4.69, 9.17) is 20.8 Å². The standard InChI is InChI=1S/C36H41N11O3/c1-4-46-31-25(23(3)43-46)12-6-5-9-19-47-30(20-22(2)42-47)33(49)40-36-39-27-21-24(32(37)48)15-16-29(27)45(36)18-11-10-17-44-28-14-8-7-13-26(28)38-35(44)41-34(31)50/h7-8,13-16,20-21H,4-6,9-12,17-19H2,1-3H3,(H2,37,48)(H,38,41,50)(H,39,40,49). The van der Waals surface area contributed by atoms with Crippen LogP contribution < -0.4 is 16.4 Å². The highest BCUT2D eigenvalue weighted by Crippen LogP contribution is 2.26. The minimum absolute atomic E-state index is 0.226. The maximum Gasteiger partial charge on any atom is 0.276 e. The first-order valence-corrected chi connectivity index (χ1v) is 17.2. The van der Waals surface area contributed by atoms with Crippen LogP contribution in [-0.2, 0) is 32.6 Å². The van der Waals surface area contributed by atoms with Gasteiger partial charge in [0.1, 0.15) is 11.4 Å². The summed E-state index contributed by atoms with van der Waals surface area (Å²) in [4.78, 5) is 49.3. The van der Waals surface area contributed by atoms with Crippen molar-refractivity contribution in [1.82, 2.24) is 38.7 Å². The molecular weight excluding hydrogens is 634 g/mol. The van der Waals surface area contributed by atoms with Gasteiger partial charge in [-0.3, -0.25) is 34.4 Å². The van der Waals surface area contributed by atoms with Crippen molar-refractivity contribution in [2.24, 2.45) is 5.73 Å². The predicted molar refractivity (Wildman–Crippen MR) is 190 cm³/mol. The predicted octanol–water partition coefficient (Wildman–Crippen LogP) is 5.23. The third-order valence-electron chi connectivity index (χ3n) is 9.35. The summed E-state index contributed by atoms with van der Waals surface area (Å²) in [5, 5.41) is 15.5. The molecule has 4 N–H and O–H groups in total. The van der Waals surface area contributed by atoms with Gasteiger partial charge < -0.3 is 14.9 Å². The van der Waals surface area contributed by atoms with Gasteiger partial charge in [-0.25, -0.2) is 9.97 Å². The highest BCUT2D eigenvalue weighted by atomic mass is 16.2. The van der Waals surface area contributed by atoms with Gasteiger partial charge in [0.25, 0.3) is 11.8 Å². The molecule has 1 aliphatic rings. The molecule has 5 heterocycles. The van der Waals surface area contributed by atoms with E-state index >= 15 is 0 Å². The summed E-state index contributed by atoms with van der Waals surface area (Å²) in [6, 6.07) is 14.8. The lowest BCUT2D eigenvalue weighted by Gasteiger charge is -2.13. The van der Waals surface area contributed by atoms with Crippen LogP contribution in [0.2, 0.25) is 0 Å². The number of amides is 3. The summed E-state index contributed by atoms with van der Waals surface area (Å²) in [5.74, 6) is -0.223. The smallest absolute Gasteiger partial charge is 0.276 e. The summed E-state index contributed by atoms with van der Waals surface area (Å²) < 4.78 is 7.53. The van der Waals surface area contributed by atoms with Crippen LogP contribution in [0.3, 0.4) is 0 Å². The summed E-state index contributed by atoms with van der Waals surface area (Å²) in [7, 11) is 0. The van der Waals surface area contributed by atoms with E-state index in [1.54, 1.807) is 27.6 Å². The molecule has 0 spiro atoms. The van der Waals surface area contributed by atoms with E-state index in [0.717, 1.165) is 65.6 Å². The molecule has 0 radical (unpaired) electrons. The zero-order valence-corrected chi connectivity index (χ0v) is 28.6. The first-order valence-electron chi connectivity index (χ1n) is 17.2. The number of nitrogens with one attached hydrogen (secondary N) is 2. The summed E-state index contributed by atoms with van der Waals surface area (Å²) in [6.45, 7) is 8.06. The van der Waals surface area contributed by atoms with Crippen molar-refractivity contribution >= 4 is 51.7 Å². The number of rotatable bonds is 2. The molecular formula is C36H41N11O3. The number of fused-ring (bicyclic) bond motifs is 8. The topological polar surface area (TPSA) is 173 Å². The number of nitrogens with two attached hydrogens (primary N) is 1. The highest BCUT2D eigenvalue weighted by molar-refractivity contribution is 6.04. The Morgan fingerprint density at radius 2 is 1.48 bits per heavy atom. The average Bonchev–Trinajstić information content (AvgIpc) is 3.83. The fourth-order valence-corrected chi connectivity index (χ4v) is 6.91. The van der Waals surface area contributed by atoms with Crippen LogP contribution in [0.15, 0.2) is 48.5 Å². The van der Waals surface area contributed by atoms with Crippen LogP contribution in [0, 0.1) is 13.8 Å². The number of imidazole rings is 2. The average molecular weight is 676 g/mol. The van der Waals surface area contributed by atoms with Gasteiger partial charge in [0.15, 0.2) is 0 Å². The van der Waals surface area contributed by atoms with Gasteiger partial charge in [-0.1, -0.05) is 18.6 Å². The zero-order valence-electron chi connectivity index (χ0n) is 28.6. The van der Waals surface area contributed by atoms with Crippen LogP contribution in [0.25, 0.3) is 22.1 Å². The van der Waals surface area contributed by atoms with Crippen LogP contribution in [0.4, 0.5) is 11.9 Å². The number of hydrogen-bond acceptors (Lipinski definition) is 7. The number of carbonyl (C=O) groups excluding carboxylic acids is 3. The van der Waals surface area contributed by atoms with Crippen molar-refractivity contribution in [2.45, 2.75) is 85.5 Å². The van der Waals surface area contributed by atoms with Crippen molar-refractivity contribution in [2.75, 3.05) is 10.6 Å². The fourth-order valence-electron chi connectivity index (χ4n) is 6.91. The summed E-state index contributed by atoms with van der Waals surface area (Å²) in [5.41, 5.74) is 12.5. The Morgan fingerprint density at radius 1 is 0.800 bits per heavy atom. The third kappa shape index (κ3) is 6.24. The van der Waals surface area contributed by atoms with E-state index in [1.807, 2.05) is 60.2 Å². The maximum absolute atomic E-state index is 14.0. The molecule has 0 saturated carbocycles. The quantitative estimate of drug-likeness (QED) is 0.226. The van der Waals surface area contributed by atoms with Gasteiger partial charge >= 0.3 is 0 Å². The molecule has 0 unspecified atom stereocenters. The van der Waals surface area contributed by atoms with E-state index in [9.17, 15) is 14.4 Å². The van der Waals surface area contributed by atoms with Gasteiger partial charge in [0, 0.05) is 37.3 Å². The largest absolute Gasteiger partial charge is 0.366 e. The number of aromatic nitrogens is 8. The molecule has 0 bridgehead atoms. The van der Waals surface area contributed by atoms with Gasteiger partial charge in [0.05, 0.1) is 33.5 Å². The third-order valence-corrected chi connectivity index (χ3v) is 9.35. The maximum atomic E-state index is 14.0. The zero-order chi connectivity index (χ0) is 34.9. The SMILES string of the molecule is CCn1nc(C)c2c1C(=O)Nc1nc3ccccc3n1CCCCn1c(nc3cc(C(N)=O)ccc31)NC(=O)c1cc(C)nn1CCCCC2. The Bertz CT molecular complexity index is 2250. The molecule has 14 nitrogen and oxygen atoms in total. The molecule has 0 aliphatic carbocycles. The number of para-hydroxylation sites is 2. The van der Waals surface area contributed by atoms with Gasteiger partial charge in [-0.05, 0) is 89.3 Å². The van der Waals surface area contributed by atoms with Crippen molar-refractivity contribution in [1.29, 1.82) is 0 Å². The molecule has 258 valence electrons. The second-order valence-electron chi connectivity index (χ2n) is 12.8. The van der Waals surface area contributed by atoms with E-state index in [1.165, 1.54) is 0 Å². The lowest BCUT2D eigenvalue weighted by Crippen LogP contribution is -2.21. The molecule has 7 rings (SSSR count). The molecule has 4 aromatic heterocycles. The van der Waals surface area contributed by atoms with Crippen LogP contribution in [0.1, 0.15) is 87.3 Å². The van der Waals surface area contributed by atoms with E-state index < -0.39 is 5.91 Å². The summed E-state index contributed by atoms with van der Waals surface area (Å²) in [6.07, 6.45) is 4.65. The summed E-state index contributed by atoms with van der Waals surface area (Å²) >= 11 is 0. The van der Waals surface area contributed by atoms with E-state index in [-0.39, 0.29) is 11.8 Å². The Kier molecular flexibility index (Phi) is 8.91. The Morgan fingerprint density at radius 3 is 2.22 bits per heavy atom. The second kappa shape index (κ2) is 13.6. The lowest BCUT2D eigenvalue weighted by atomic mass is 10.0.